The van der Waals surface area contributed by atoms with Crippen LogP contribution >= 0.6 is 0 Å². The molecule has 0 aromatic heterocycles. The first kappa shape index (κ1) is 12.9. The summed E-state index contributed by atoms with van der Waals surface area (Å²) in [6.07, 6.45) is 8.17. The average Bonchev–Trinajstić information content (AvgIpc) is 2.16. The largest absolute Gasteiger partial charge is 0.316 e. The predicted octanol–water partition coefficient (Wildman–Crippen LogP) is 1.29. The van der Waals surface area contributed by atoms with Gasteiger partial charge in [-0.15, -0.1) is 0 Å². The van der Waals surface area contributed by atoms with E-state index in [0.29, 0.717) is 6.26 Å². The second-order valence-corrected chi connectivity index (χ2v) is 6.00. The van der Waals surface area contributed by atoms with Crippen LogP contribution in [0.2, 0.25) is 0 Å². The Morgan fingerprint density at radius 2 is 1.67 bits per heavy atom. The highest BCUT2D eigenvalue weighted by Crippen LogP contribution is 2.33. The van der Waals surface area contributed by atoms with Crippen molar-refractivity contribution >= 4 is 10.1 Å². The van der Waals surface area contributed by atoms with Gasteiger partial charge in [-0.1, -0.05) is 19.3 Å². The van der Waals surface area contributed by atoms with Gasteiger partial charge in [-0.05, 0) is 37.8 Å². The van der Waals surface area contributed by atoms with Gasteiger partial charge in [-0.25, -0.2) is 0 Å². The van der Waals surface area contributed by atoms with Crippen molar-refractivity contribution in [3.63, 3.8) is 0 Å². The molecule has 90 valence electrons. The molecule has 0 spiro atoms. The third-order valence-corrected chi connectivity index (χ3v) is 3.16. The summed E-state index contributed by atoms with van der Waals surface area (Å²) in [4.78, 5) is 0. The fourth-order valence-electron chi connectivity index (χ4n) is 2.51. The lowest BCUT2D eigenvalue weighted by Crippen LogP contribution is -2.38. The minimum absolute atomic E-state index is 0.715. The van der Waals surface area contributed by atoms with Crippen molar-refractivity contribution in [2.45, 2.75) is 32.1 Å². The SMILES string of the molecule is C1CCC2CNCCC2C1.CS(=O)(=O)O. The molecule has 2 N–H and O–H groups in total. The van der Waals surface area contributed by atoms with Crippen LogP contribution in [0.25, 0.3) is 0 Å². The number of nitrogens with one attached hydrogen (secondary N) is 1. The Balaban J connectivity index is 0.000000195. The van der Waals surface area contributed by atoms with Crippen LogP contribution in [0.5, 0.6) is 0 Å². The number of hydrogen-bond donors (Lipinski definition) is 2. The number of hydrogen-bond acceptors (Lipinski definition) is 3. The van der Waals surface area contributed by atoms with Crippen LogP contribution in [-0.4, -0.2) is 32.3 Å². The number of piperidine rings is 1. The van der Waals surface area contributed by atoms with Crippen molar-refractivity contribution in [2.75, 3.05) is 19.3 Å². The van der Waals surface area contributed by atoms with E-state index in [1.807, 2.05) is 0 Å². The van der Waals surface area contributed by atoms with Gasteiger partial charge in [-0.3, -0.25) is 4.55 Å². The normalized spacial score (nSPS) is 31.1. The Kier molecular flexibility index (Phi) is 5.02. The fourth-order valence-corrected chi connectivity index (χ4v) is 2.51. The highest BCUT2D eigenvalue weighted by atomic mass is 32.2. The van der Waals surface area contributed by atoms with E-state index in [4.69, 9.17) is 4.55 Å². The molecule has 0 amide bonds. The van der Waals surface area contributed by atoms with E-state index in [1.165, 1.54) is 45.2 Å². The summed E-state index contributed by atoms with van der Waals surface area (Å²) in [5, 5.41) is 3.48. The third kappa shape index (κ3) is 6.12. The van der Waals surface area contributed by atoms with Crippen molar-refractivity contribution in [1.82, 2.24) is 5.32 Å². The summed E-state index contributed by atoms with van der Waals surface area (Å²) in [7, 11) is -3.67. The molecule has 2 unspecified atom stereocenters. The Morgan fingerprint density at radius 1 is 1.13 bits per heavy atom. The Labute approximate surface area is 92.2 Å². The monoisotopic (exact) mass is 235 g/mol. The molecule has 1 saturated carbocycles. The van der Waals surface area contributed by atoms with Crippen LogP contribution in [0.4, 0.5) is 0 Å². The molecule has 5 heteroatoms. The zero-order valence-corrected chi connectivity index (χ0v) is 10.1. The highest BCUT2D eigenvalue weighted by molar-refractivity contribution is 7.85. The summed E-state index contributed by atoms with van der Waals surface area (Å²) >= 11 is 0. The first-order chi connectivity index (χ1) is 6.97. The van der Waals surface area contributed by atoms with Gasteiger partial charge < -0.3 is 5.32 Å². The van der Waals surface area contributed by atoms with E-state index in [-0.39, 0.29) is 0 Å². The van der Waals surface area contributed by atoms with Crippen molar-refractivity contribution in [3.8, 4) is 0 Å². The number of rotatable bonds is 0. The molecule has 1 saturated heterocycles. The molecule has 2 aliphatic rings. The van der Waals surface area contributed by atoms with Gasteiger partial charge in [0.05, 0.1) is 6.26 Å². The second-order valence-electron chi connectivity index (χ2n) is 4.53. The maximum atomic E-state index is 9.19. The van der Waals surface area contributed by atoms with E-state index in [2.05, 4.69) is 5.32 Å². The van der Waals surface area contributed by atoms with Gasteiger partial charge in [0.25, 0.3) is 10.1 Å². The zero-order valence-electron chi connectivity index (χ0n) is 9.28. The first-order valence-corrected chi connectivity index (χ1v) is 7.45. The predicted molar refractivity (Wildman–Crippen MR) is 60.4 cm³/mol. The average molecular weight is 235 g/mol. The van der Waals surface area contributed by atoms with Crippen LogP contribution in [0, 0.1) is 11.8 Å². The van der Waals surface area contributed by atoms with Crippen molar-refractivity contribution in [1.29, 1.82) is 0 Å². The molecule has 2 fully saturated rings. The standard InChI is InChI=1S/C9H17N.CH4O3S/c1-2-4-9-7-10-6-5-8(9)3-1;1-5(2,3)4/h8-10H,1-7H2;1H3,(H,2,3,4). The maximum Gasteiger partial charge on any atom is 0.261 e. The maximum absolute atomic E-state index is 9.19. The van der Waals surface area contributed by atoms with Crippen LogP contribution < -0.4 is 5.32 Å². The van der Waals surface area contributed by atoms with Gasteiger partial charge in [0.15, 0.2) is 0 Å². The van der Waals surface area contributed by atoms with E-state index in [9.17, 15) is 8.42 Å². The molecular formula is C10H21NO3S. The van der Waals surface area contributed by atoms with Crippen LogP contribution in [0.3, 0.4) is 0 Å². The molecule has 4 nitrogen and oxygen atoms in total. The van der Waals surface area contributed by atoms with Crippen molar-refractivity contribution in [2.24, 2.45) is 11.8 Å². The van der Waals surface area contributed by atoms with E-state index < -0.39 is 10.1 Å². The molecule has 15 heavy (non-hydrogen) atoms. The summed E-state index contributed by atoms with van der Waals surface area (Å²) in [5.41, 5.74) is 0. The zero-order chi connectivity index (χ0) is 11.3. The quantitative estimate of drug-likeness (QED) is 0.621. The lowest BCUT2D eigenvalue weighted by molar-refractivity contribution is 0.185. The van der Waals surface area contributed by atoms with Gasteiger partial charge in [0.1, 0.15) is 0 Å². The molecule has 2 atom stereocenters. The molecule has 2 rings (SSSR count). The van der Waals surface area contributed by atoms with Crippen molar-refractivity contribution in [3.05, 3.63) is 0 Å². The fraction of sp³-hybridized carbons (Fsp3) is 1.00. The second kappa shape index (κ2) is 5.82. The third-order valence-electron chi connectivity index (χ3n) is 3.16. The summed E-state index contributed by atoms with van der Waals surface area (Å²) in [5.74, 6) is 2.14. The topological polar surface area (TPSA) is 66.4 Å². The minimum atomic E-state index is -3.67. The highest BCUT2D eigenvalue weighted by Gasteiger charge is 2.26. The molecule has 0 bridgehead atoms. The molecule has 1 aliphatic heterocycles. The number of fused-ring (bicyclic) bond motifs is 1. The van der Waals surface area contributed by atoms with Crippen molar-refractivity contribution < 1.29 is 13.0 Å². The molecule has 0 aromatic carbocycles. The van der Waals surface area contributed by atoms with E-state index in [0.717, 1.165) is 11.8 Å². The summed E-state index contributed by atoms with van der Waals surface area (Å²) < 4.78 is 25.9. The van der Waals surface area contributed by atoms with E-state index in [1.54, 1.807) is 0 Å². The van der Waals surface area contributed by atoms with Crippen LogP contribution in [0.15, 0.2) is 0 Å². The molecule has 1 aliphatic carbocycles. The van der Waals surface area contributed by atoms with Gasteiger partial charge in [-0.2, -0.15) is 8.42 Å². The first-order valence-electron chi connectivity index (χ1n) is 5.60. The molecular weight excluding hydrogens is 214 g/mol. The van der Waals surface area contributed by atoms with Crippen LogP contribution in [-0.2, 0) is 10.1 Å². The summed E-state index contributed by atoms with van der Waals surface area (Å²) in [6, 6.07) is 0. The smallest absolute Gasteiger partial charge is 0.261 e. The van der Waals surface area contributed by atoms with Gasteiger partial charge >= 0.3 is 0 Å². The lowest BCUT2D eigenvalue weighted by atomic mass is 9.76. The van der Waals surface area contributed by atoms with Gasteiger partial charge in [0.2, 0.25) is 0 Å². The van der Waals surface area contributed by atoms with Crippen LogP contribution in [0.1, 0.15) is 32.1 Å². The van der Waals surface area contributed by atoms with Gasteiger partial charge in [0, 0.05) is 0 Å². The molecule has 0 radical (unpaired) electrons. The summed E-state index contributed by atoms with van der Waals surface area (Å²) in [6.45, 7) is 2.59. The minimum Gasteiger partial charge on any atom is -0.316 e. The molecule has 0 aromatic rings. The van der Waals surface area contributed by atoms with E-state index >= 15 is 0 Å². The Bertz CT molecular complexity index is 242. The molecule has 1 heterocycles. The lowest BCUT2D eigenvalue weighted by Gasteiger charge is -2.35. The Hall–Kier alpha value is -0.130. The Morgan fingerprint density at radius 3 is 2.20 bits per heavy atom.